The van der Waals surface area contributed by atoms with Gasteiger partial charge < -0.3 is 30.2 Å². The second kappa shape index (κ2) is 12.2. The number of hydrogen-bond donors (Lipinski definition) is 2. The Kier molecular flexibility index (Phi) is 8.56. The number of nitrogens with zero attached hydrogens (tertiary/aromatic N) is 4. The van der Waals surface area contributed by atoms with E-state index in [1.165, 1.54) is 0 Å². The Labute approximate surface area is 229 Å². The van der Waals surface area contributed by atoms with E-state index in [-0.39, 0.29) is 0 Å². The van der Waals surface area contributed by atoms with Crippen LogP contribution in [0.3, 0.4) is 0 Å². The number of nitrogen functional groups attached to an aromatic ring is 1. The van der Waals surface area contributed by atoms with Gasteiger partial charge in [0, 0.05) is 49.2 Å². The quantitative estimate of drug-likeness (QED) is 0.378. The molecular weight excluding hydrogens is 504 g/mol. The number of nitrogens with one attached hydrogen (secondary N) is 1. The number of hydrogen-bond acceptors (Lipinski definition) is 9. The van der Waals surface area contributed by atoms with Gasteiger partial charge >= 0.3 is 0 Å². The fraction of sp³-hybridized carbons (Fsp3) is 0.500. The van der Waals surface area contributed by atoms with E-state index in [0.29, 0.717) is 60.6 Å². The van der Waals surface area contributed by atoms with Gasteiger partial charge in [-0.1, -0.05) is 11.6 Å². The van der Waals surface area contributed by atoms with E-state index >= 15 is 0 Å². The van der Waals surface area contributed by atoms with Crippen molar-refractivity contribution >= 4 is 40.0 Å². The molecule has 3 N–H and O–H groups in total. The highest BCUT2D eigenvalue weighted by molar-refractivity contribution is 6.31. The Morgan fingerprint density at radius 1 is 1.00 bits per heavy atom. The van der Waals surface area contributed by atoms with Crippen LogP contribution in [0.5, 0.6) is 11.5 Å². The molecule has 0 bridgehead atoms. The van der Waals surface area contributed by atoms with Gasteiger partial charge in [-0.2, -0.15) is 4.98 Å². The molecule has 10 heteroatoms. The second-order valence-electron chi connectivity index (χ2n) is 9.70. The van der Waals surface area contributed by atoms with Gasteiger partial charge in [0.15, 0.2) is 0 Å². The molecular formula is C28H37ClN6O3. The summed E-state index contributed by atoms with van der Waals surface area (Å²) in [5.74, 6) is 2.96. The number of likely N-dealkylation sites (tertiary alicyclic amines) is 1. The monoisotopic (exact) mass is 540 g/mol. The Morgan fingerprint density at radius 2 is 1.68 bits per heavy atom. The molecule has 2 fully saturated rings. The number of piperidine rings is 1. The summed E-state index contributed by atoms with van der Waals surface area (Å²) in [6.45, 7) is 10.8. The summed E-state index contributed by atoms with van der Waals surface area (Å²) in [6.07, 6.45) is 2.00. The lowest BCUT2D eigenvalue weighted by Crippen LogP contribution is -2.39. The molecule has 5 rings (SSSR count). The number of ether oxygens (including phenoxy) is 3. The van der Waals surface area contributed by atoms with Crippen molar-refractivity contribution in [3.8, 4) is 11.5 Å². The molecule has 2 saturated heterocycles. The molecule has 2 aromatic carbocycles. The molecule has 0 aliphatic carbocycles. The molecule has 2 aliphatic rings. The number of benzene rings is 2. The van der Waals surface area contributed by atoms with Crippen LogP contribution in [0.15, 0.2) is 30.3 Å². The lowest BCUT2D eigenvalue weighted by Gasteiger charge is -2.33. The van der Waals surface area contributed by atoms with E-state index in [4.69, 9.17) is 41.5 Å². The van der Waals surface area contributed by atoms with Gasteiger partial charge in [-0.3, -0.25) is 4.90 Å². The van der Waals surface area contributed by atoms with Crippen LogP contribution >= 0.6 is 11.6 Å². The number of fused-ring (bicyclic) bond motifs is 1. The Morgan fingerprint density at radius 3 is 2.34 bits per heavy atom. The van der Waals surface area contributed by atoms with E-state index in [0.717, 1.165) is 67.8 Å². The van der Waals surface area contributed by atoms with Crippen molar-refractivity contribution in [2.75, 3.05) is 68.6 Å². The fourth-order valence-electron chi connectivity index (χ4n) is 5.14. The van der Waals surface area contributed by atoms with Crippen LogP contribution in [0.2, 0.25) is 5.02 Å². The molecule has 3 aromatic rings. The van der Waals surface area contributed by atoms with E-state index < -0.39 is 0 Å². The predicted octanol–water partition coefficient (Wildman–Crippen LogP) is 4.58. The summed E-state index contributed by atoms with van der Waals surface area (Å²) >= 11 is 6.31. The van der Waals surface area contributed by atoms with Crippen LogP contribution in [0.25, 0.3) is 10.9 Å². The van der Waals surface area contributed by atoms with Gasteiger partial charge in [-0.15, -0.1) is 0 Å². The summed E-state index contributed by atoms with van der Waals surface area (Å²) in [5.41, 5.74) is 8.85. The van der Waals surface area contributed by atoms with Crippen molar-refractivity contribution in [2.45, 2.75) is 39.3 Å². The summed E-state index contributed by atoms with van der Waals surface area (Å²) in [5, 5.41) is 5.27. The average Bonchev–Trinajstić information content (AvgIpc) is 2.93. The first-order valence-electron chi connectivity index (χ1n) is 13.5. The van der Waals surface area contributed by atoms with Crippen molar-refractivity contribution in [3.05, 3.63) is 40.9 Å². The van der Waals surface area contributed by atoms with Crippen LogP contribution in [0, 0.1) is 0 Å². The lowest BCUT2D eigenvalue weighted by molar-refractivity contribution is 0.122. The van der Waals surface area contributed by atoms with Crippen LogP contribution in [0.4, 0.5) is 17.5 Å². The first kappa shape index (κ1) is 26.6. The van der Waals surface area contributed by atoms with Crippen LogP contribution in [0.1, 0.15) is 32.3 Å². The number of rotatable bonds is 9. The third-order valence-electron chi connectivity index (χ3n) is 7.04. The minimum absolute atomic E-state index is 0.304. The van der Waals surface area contributed by atoms with Crippen molar-refractivity contribution < 1.29 is 14.2 Å². The molecule has 204 valence electrons. The van der Waals surface area contributed by atoms with Gasteiger partial charge in [0.25, 0.3) is 0 Å². The summed E-state index contributed by atoms with van der Waals surface area (Å²) in [7, 11) is 0. The Hall–Kier alpha value is -3.01. The lowest BCUT2D eigenvalue weighted by atomic mass is 10.0. The molecule has 0 radical (unpaired) electrons. The Balaban J connectivity index is 1.26. The van der Waals surface area contributed by atoms with Crippen molar-refractivity contribution in [1.29, 1.82) is 0 Å². The molecule has 0 unspecified atom stereocenters. The van der Waals surface area contributed by atoms with Gasteiger partial charge in [-0.25, -0.2) is 4.98 Å². The number of morpholine rings is 1. The number of nitrogens with two attached hydrogens (primary N) is 1. The van der Waals surface area contributed by atoms with E-state index in [1.54, 1.807) is 0 Å². The largest absolute Gasteiger partial charge is 0.492 e. The fourth-order valence-corrected chi connectivity index (χ4v) is 5.31. The number of halogens is 1. The van der Waals surface area contributed by atoms with Crippen molar-refractivity contribution in [3.63, 3.8) is 0 Å². The normalized spacial score (nSPS) is 17.1. The summed E-state index contributed by atoms with van der Waals surface area (Å²) in [6, 6.07) is 10.2. The molecule has 0 saturated carbocycles. The minimum Gasteiger partial charge on any atom is -0.492 e. The standard InChI is InChI=1S/C28H37ClN6O3/c1-3-37-24-15-19(16-25(26(24)30)38-4-2)18-34-9-7-21(8-10-34)31-28-32-23-6-5-20(29)17-22(23)27(33-28)35-11-13-36-14-12-35/h5-6,15-17,21H,3-4,7-14,18,30H2,1-2H3,(H,31,32,33). The molecule has 9 nitrogen and oxygen atoms in total. The maximum absolute atomic E-state index is 6.31. The van der Waals surface area contributed by atoms with Crippen LogP contribution < -0.4 is 25.4 Å². The smallest absolute Gasteiger partial charge is 0.225 e. The van der Waals surface area contributed by atoms with E-state index in [1.807, 2.05) is 44.2 Å². The molecule has 0 amide bonds. The molecule has 1 aromatic heterocycles. The van der Waals surface area contributed by atoms with Gasteiger partial charge in [-0.05, 0) is 62.6 Å². The highest BCUT2D eigenvalue weighted by atomic mass is 35.5. The number of anilines is 3. The molecule has 38 heavy (non-hydrogen) atoms. The zero-order valence-electron chi connectivity index (χ0n) is 22.2. The maximum atomic E-state index is 6.31. The molecule has 3 heterocycles. The molecule has 0 spiro atoms. The van der Waals surface area contributed by atoms with Crippen LogP contribution in [-0.4, -0.2) is 73.5 Å². The highest BCUT2D eigenvalue weighted by Gasteiger charge is 2.23. The van der Waals surface area contributed by atoms with Gasteiger partial charge in [0.05, 0.1) is 31.9 Å². The Bertz CT molecular complexity index is 1220. The van der Waals surface area contributed by atoms with Gasteiger partial charge in [0.1, 0.15) is 23.0 Å². The van der Waals surface area contributed by atoms with E-state index in [9.17, 15) is 0 Å². The summed E-state index contributed by atoms with van der Waals surface area (Å²) in [4.78, 5) is 14.5. The molecule has 0 atom stereocenters. The minimum atomic E-state index is 0.304. The number of aromatic nitrogens is 2. The topological polar surface area (TPSA) is 98.0 Å². The zero-order chi connectivity index (χ0) is 26.5. The van der Waals surface area contributed by atoms with Crippen LogP contribution in [-0.2, 0) is 11.3 Å². The zero-order valence-corrected chi connectivity index (χ0v) is 23.0. The average molecular weight is 541 g/mol. The van der Waals surface area contributed by atoms with Crippen molar-refractivity contribution in [1.82, 2.24) is 14.9 Å². The third kappa shape index (κ3) is 6.17. The highest BCUT2D eigenvalue weighted by Crippen LogP contribution is 2.35. The van der Waals surface area contributed by atoms with Crippen molar-refractivity contribution in [2.24, 2.45) is 0 Å². The maximum Gasteiger partial charge on any atom is 0.225 e. The van der Waals surface area contributed by atoms with Gasteiger partial charge in [0.2, 0.25) is 5.95 Å². The first-order chi connectivity index (χ1) is 18.5. The SMILES string of the molecule is CCOc1cc(CN2CCC(Nc3nc(N4CCOCC4)c4cc(Cl)ccc4n3)CC2)cc(OCC)c1N. The second-order valence-corrected chi connectivity index (χ2v) is 10.1. The van der Waals surface area contributed by atoms with E-state index in [2.05, 4.69) is 15.1 Å². The molecule has 2 aliphatic heterocycles. The third-order valence-corrected chi connectivity index (χ3v) is 7.27. The first-order valence-corrected chi connectivity index (χ1v) is 13.9. The predicted molar refractivity (Wildman–Crippen MR) is 153 cm³/mol. The summed E-state index contributed by atoms with van der Waals surface area (Å²) < 4.78 is 17.1.